The van der Waals surface area contributed by atoms with E-state index in [-0.39, 0.29) is 13.2 Å². The summed E-state index contributed by atoms with van der Waals surface area (Å²) in [6.07, 6.45) is 2.44. The van der Waals surface area contributed by atoms with Crippen molar-refractivity contribution in [1.82, 2.24) is 4.90 Å². The van der Waals surface area contributed by atoms with Gasteiger partial charge in [0.1, 0.15) is 6.61 Å². The summed E-state index contributed by atoms with van der Waals surface area (Å²) in [5, 5.41) is 0. The van der Waals surface area contributed by atoms with Gasteiger partial charge >= 0.3 is 12.1 Å². The van der Waals surface area contributed by atoms with Gasteiger partial charge in [-0.2, -0.15) is 0 Å². The van der Waals surface area contributed by atoms with Gasteiger partial charge in [0.05, 0.1) is 13.7 Å². The molecule has 0 aliphatic heterocycles. The smallest absolute Gasteiger partial charge is 0.412 e. The Morgan fingerprint density at radius 1 is 1.07 bits per heavy atom. The summed E-state index contributed by atoms with van der Waals surface area (Å²) in [6.45, 7) is 3.38. The molecule has 1 amide bonds. The van der Waals surface area contributed by atoms with Crippen LogP contribution in [0.25, 0.3) is 0 Å². The van der Waals surface area contributed by atoms with Crippen LogP contribution in [0, 0.1) is 11.8 Å². The van der Waals surface area contributed by atoms with Gasteiger partial charge < -0.3 is 9.47 Å². The number of benzene rings is 2. The second-order valence-electron chi connectivity index (χ2n) is 6.53. The fraction of sp³-hybridized carbons (Fsp3) is 0.240. The molecular weight excluding hydrogens is 378 g/mol. The van der Waals surface area contributed by atoms with Gasteiger partial charge in [-0.15, -0.1) is 5.73 Å². The third kappa shape index (κ3) is 6.13. The van der Waals surface area contributed by atoms with Gasteiger partial charge in [0, 0.05) is 5.56 Å². The van der Waals surface area contributed by atoms with Crippen LogP contribution in [0.5, 0.6) is 0 Å². The highest BCUT2D eigenvalue weighted by Crippen LogP contribution is 2.20. The summed E-state index contributed by atoms with van der Waals surface area (Å²) < 4.78 is 10.4. The lowest BCUT2D eigenvalue weighted by Crippen LogP contribution is -2.54. The van der Waals surface area contributed by atoms with Crippen molar-refractivity contribution in [2.75, 3.05) is 13.7 Å². The number of amides is 1. The molecule has 0 aromatic heterocycles. The van der Waals surface area contributed by atoms with Gasteiger partial charge in [-0.25, -0.2) is 9.59 Å². The van der Waals surface area contributed by atoms with Gasteiger partial charge in [-0.1, -0.05) is 60.4 Å². The second-order valence-corrected chi connectivity index (χ2v) is 6.53. The number of esters is 1. The predicted molar refractivity (Wildman–Crippen MR) is 115 cm³/mol. The minimum atomic E-state index is -1.43. The summed E-state index contributed by atoms with van der Waals surface area (Å²) in [4.78, 5) is 26.8. The molecule has 1 unspecified atom stereocenters. The molecule has 0 saturated heterocycles. The Kier molecular flexibility index (Phi) is 8.50. The first-order chi connectivity index (χ1) is 14.5. The first-order valence-corrected chi connectivity index (χ1v) is 9.50. The molecule has 2 aromatic carbocycles. The normalized spacial score (nSPS) is 11.6. The highest BCUT2D eigenvalue weighted by molar-refractivity contribution is 5.87. The van der Waals surface area contributed by atoms with Crippen LogP contribution in [0.15, 0.2) is 78.5 Å². The van der Waals surface area contributed by atoms with Crippen LogP contribution in [0.4, 0.5) is 4.79 Å². The molecule has 0 heterocycles. The van der Waals surface area contributed by atoms with Crippen LogP contribution >= 0.6 is 0 Å². The van der Waals surface area contributed by atoms with Crippen LogP contribution in [0.3, 0.4) is 0 Å². The largest absolute Gasteiger partial charge is 0.467 e. The molecule has 0 bridgehead atoms. The Bertz CT molecular complexity index is 962. The predicted octanol–water partition coefficient (Wildman–Crippen LogP) is 4.34. The standard InChI is InChI=1S/C25H25NO4/c1-4-5-18-25(2,23(27)29-3)26(19-12-17-21-13-8-6-9-14-21)24(28)30-20-22-15-10-7-11-16-22/h4,6-11,13-16,18H,19-20H2,1-3H3. The maximum Gasteiger partial charge on any atom is 0.412 e. The maximum atomic E-state index is 13.0. The van der Waals surface area contributed by atoms with E-state index < -0.39 is 17.6 Å². The van der Waals surface area contributed by atoms with Crippen LogP contribution in [0.1, 0.15) is 25.0 Å². The van der Waals surface area contributed by atoms with E-state index in [0.29, 0.717) is 0 Å². The van der Waals surface area contributed by atoms with Crippen molar-refractivity contribution in [3.63, 3.8) is 0 Å². The summed E-state index contributed by atoms with van der Waals surface area (Å²) in [6, 6.07) is 18.7. The third-order valence-corrected chi connectivity index (χ3v) is 4.36. The quantitative estimate of drug-likeness (QED) is 0.409. The van der Waals surface area contributed by atoms with Gasteiger partial charge in [0.2, 0.25) is 0 Å². The fourth-order valence-corrected chi connectivity index (χ4v) is 2.66. The summed E-state index contributed by atoms with van der Waals surface area (Å²) in [5.74, 6) is 5.33. The zero-order valence-electron chi connectivity index (χ0n) is 17.4. The molecule has 0 spiro atoms. The number of hydrogen-bond acceptors (Lipinski definition) is 4. The van der Waals surface area contributed by atoms with E-state index in [9.17, 15) is 9.59 Å². The van der Waals surface area contributed by atoms with E-state index in [4.69, 9.17) is 9.47 Å². The van der Waals surface area contributed by atoms with Crippen molar-refractivity contribution >= 4 is 12.1 Å². The molecule has 0 fully saturated rings. The topological polar surface area (TPSA) is 55.8 Å². The number of methoxy groups -OCH3 is 1. The number of hydrogen-bond donors (Lipinski definition) is 0. The molecule has 5 heteroatoms. The van der Waals surface area contributed by atoms with Gasteiger partial charge in [-0.05, 0) is 43.7 Å². The summed E-state index contributed by atoms with van der Waals surface area (Å²) in [7, 11) is 1.27. The lowest BCUT2D eigenvalue weighted by Gasteiger charge is -2.34. The van der Waals surface area contributed by atoms with E-state index in [1.807, 2.05) is 60.7 Å². The molecule has 154 valence electrons. The Morgan fingerprint density at radius 3 is 2.30 bits per heavy atom. The number of carbonyl (C=O) groups excluding carboxylic acids is 2. The number of carbonyl (C=O) groups is 2. The number of ether oxygens (including phenoxy) is 2. The van der Waals surface area contributed by atoms with Crippen LogP contribution in [0.2, 0.25) is 0 Å². The Labute approximate surface area is 177 Å². The molecule has 0 radical (unpaired) electrons. The van der Waals surface area contributed by atoms with Crippen molar-refractivity contribution in [2.45, 2.75) is 26.0 Å². The van der Waals surface area contributed by atoms with Crippen LogP contribution in [-0.4, -0.2) is 36.2 Å². The first kappa shape index (κ1) is 22.5. The van der Waals surface area contributed by atoms with Crippen molar-refractivity contribution in [3.05, 3.63) is 89.7 Å². The van der Waals surface area contributed by atoms with Gasteiger partial charge in [0.15, 0.2) is 5.54 Å². The minimum absolute atomic E-state index is 0.0317. The van der Waals surface area contributed by atoms with Gasteiger partial charge in [0.25, 0.3) is 0 Å². The van der Waals surface area contributed by atoms with E-state index in [1.165, 1.54) is 18.1 Å². The molecule has 1 atom stereocenters. The SMILES string of the molecule is CC=C=CC(C)(C(=O)OC)N(CC#Cc1ccccc1)C(=O)OCc1ccccc1. The number of rotatable bonds is 6. The first-order valence-electron chi connectivity index (χ1n) is 9.50. The number of nitrogens with zero attached hydrogens (tertiary/aromatic N) is 1. The summed E-state index contributed by atoms with van der Waals surface area (Å²) in [5.41, 5.74) is 3.09. The lowest BCUT2D eigenvalue weighted by atomic mass is 10.00. The minimum Gasteiger partial charge on any atom is -0.467 e. The van der Waals surface area contributed by atoms with Gasteiger partial charge in [-0.3, -0.25) is 4.90 Å². The lowest BCUT2D eigenvalue weighted by molar-refractivity contribution is -0.150. The van der Waals surface area contributed by atoms with Crippen molar-refractivity contribution in [1.29, 1.82) is 0 Å². The molecule has 2 rings (SSSR count). The fourth-order valence-electron chi connectivity index (χ4n) is 2.66. The highest BCUT2D eigenvalue weighted by Gasteiger charge is 2.42. The third-order valence-electron chi connectivity index (χ3n) is 4.36. The monoisotopic (exact) mass is 403 g/mol. The Morgan fingerprint density at radius 2 is 1.70 bits per heavy atom. The molecule has 0 saturated carbocycles. The molecule has 2 aromatic rings. The van der Waals surface area contributed by atoms with E-state index in [1.54, 1.807) is 19.9 Å². The van der Waals surface area contributed by atoms with Crippen molar-refractivity contribution < 1.29 is 19.1 Å². The van der Waals surface area contributed by atoms with E-state index in [0.717, 1.165) is 11.1 Å². The second kappa shape index (κ2) is 11.3. The van der Waals surface area contributed by atoms with Crippen LogP contribution in [-0.2, 0) is 20.9 Å². The van der Waals surface area contributed by atoms with E-state index in [2.05, 4.69) is 17.6 Å². The molecule has 5 nitrogen and oxygen atoms in total. The van der Waals surface area contributed by atoms with Crippen LogP contribution < -0.4 is 0 Å². The maximum absolute atomic E-state index is 13.0. The zero-order valence-corrected chi connectivity index (χ0v) is 17.4. The molecule has 0 aliphatic rings. The summed E-state index contributed by atoms with van der Waals surface area (Å²) >= 11 is 0. The molecular formula is C25H25NO4. The van der Waals surface area contributed by atoms with Crippen molar-refractivity contribution in [2.24, 2.45) is 0 Å². The average Bonchev–Trinajstić information content (AvgIpc) is 2.79. The highest BCUT2D eigenvalue weighted by atomic mass is 16.6. The average molecular weight is 403 g/mol. The van der Waals surface area contributed by atoms with E-state index >= 15 is 0 Å². The molecule has 0 N–H and O–H groups in total. The zero-order chi connectivity index (χ0) is 21.8. The molecule has 0 aliphatic carbocycles. The van der Waals surface area contributed by atoms with Crippen molar-refractivity contribution in [3.8, 4) is 11.8 Å². The Balaban J connectivity index is 2.32. The Hall–Kier alpha value is -3.74. The molecule has 30 heavy (non-hydrogen) atoms.